The summed E-state index contributed by atoms with van der Waals surface area (Å²) in [5.41, 5.74) is 0.871. The lowest BCUT2D eigenvalue weighted by atomic mass is 10.3. The second-order valence-electron chi connectivity index (χ2n) is 6.16. The lowest BCUT2D eigenvalue weighted by molar-refractivity contribution is 0.0951. The third kappa shape index (κ3) is 4.45. The van der Waals surface area contributed by atoms with Gasteiger partial charge in [0.2, 0.25) is 5.56 Å². The van der Waals surface area contributed by atoms with Crippen molar-refractivity contribution in [2.45, 2.75) is 31.6 Å². The van der Waals surface area contributed by atoms with Crippen LogP contribution in [-0.4, -0.2) is 49.5 Å². The van der Waals surface area contributed by atoms with Crippen LogP contribution < -0.4 is 16.2 Å². The Labute approximate surface area is 160 Å². The van der Waals surface area contributed by atoms with Crippen molar-refractivity contribution in [2.24, 2.45) is 0 Å². The summed E-state index contributed by atoms with van der Waals surface area (Å²) in [4.78, 5) is 34.7. The maximum Gasteiger partial charge on any atom is 0.252 e. The number of fused-ring (bicyclic) bond motifs is 1. The maximum absolute atomic E-state index is 12.1. The van der Waals surface area contributed by atoms with E-state index in [0.717, 1.165) is 16.9 Å². The predicted molar refractivity (Wildman–Crippen MR) is 105 cm³/mol. The normalized spacial score (nSPS) is 11.1. The highest BCUT2D eigenvalue weighted by Crippen LogP contribution is 2.23. The standard InChI is InChI=1S/C17H21N7O2S/c1-10(2)21-14-12-9-20-24(15(12)23-17(22-14)27-3)7-6-18-16(26)11-4-5-13(25)19-8-11/h4-5,8-10H,6-7H2,1-3H3,(H,18,26)(H,19,25)(H,21,22,23). The second-order valence-corrected chi connectivity index (χ2v) is 6.93. The first kappa shape index (κ1) is 18.9. The highest BCUT2D eigenvalue weighted by Gasteiger charge is 2.14. The zero-order valence-corrected chi connectivity index (χ0v) is 16.1. The number of pyridine rings is 1. The smallest absolute Gasteiger partial charge is 0.252 e. The molecule has 9 nitrogen and oxygen atoms in total. The van der Waals surface area contributed by atoms with Gasteiger partial charge in [0, 0.05) is 24.8 Å². The molecule has 0 radical (unpaired) electrons. The van der Waals surface area contributed by atoms with Gasteiger partial charge in [-0.25, -0.2) is 14.6 Å². The van der Waals surface area contributed by atoms with Crippen molar-refractivity contribution in [2.75, 3.05) is 18.1 Å². The molecule has 0 aliphatic heterocycles. The number of amides is 1. The molecular weight excluding hydrogens is 366 g/mol. The number of rotatable bonds is 7. The van der Waals surface area contributed by atoms with Gasteiger partial charge in [0.15, 0.2) is 10.8 Å². The molecule has 0 fully saturated rings. The van der Waals surface area contributed by atoms with Gasteiger partial charge in [0.05, 0.1) is 23.7 Å². The average molecular weight is 387 g/mol. The number of aromatic nitrogens is 5. The Bertz CT molecular complexity index is 992. The van der Waals surface area contributed by atoms with Gasteiger partial charge in [-0.2, -0.15) is 5.10 Å². The largest absolute Gasteiger partial charge is 0.367 e. The Morgan fingerprint density at radius 1 is 1.33 bits per heavy atom. The number of carbonyl (C=O) groups excluding carboxylic acids is 1. The number of H-pyrrole nitrogens is 1. The first-order valence-corrected chi connectivity index (χ1v) is 9.71. The van der Waals surface area contributed by atoms with Gasteiger partial charge in [-0.1, -0.05) is 11.8 Å². The minimum Gasteiger partial charge on any atom is -0.367 e. The molecule has 3 aromatic rings. The fraction of sp³-hybridized carbons (Fsp3) is 0.353. The van der Waals surface area contributed by atoms with Gasteiger partial charge < -0.3 is 15.6 Å². The van der Waals surface area contributed by atoms with Gasteiger partial charge in [-0.3, -0.25) is 9.59 Å². The van der Waals surface area contributed by atoms with Crippen molar-refractivity contribution in [3.8, 4) is 0 Å². The molecule has 0 saturated heterocycles. The summed E-state index contributed by atoms with van der Waals surface area (Å²) >= 11 is 1.46. The zero-order valence-electron chi connectivity index (χ0n) is 15.3. The number of aromatic amines is 1. The molecule has 0 aliphatic carbocycles. The summed E-state index contributed by atoms with van der Waals surface area (Å²) in [6, 6.07) is 3.04. The summed E-state index contributed by atoms with van der Waals surface area (Å²) < 4.78 is 1.75. The van der Waals surface area contributed by atoms with E-state index < -0.39 is 0 Å². The molecular formula is C17H21N7O2S. The topological polar surface area (TPSA) is 118 Å². The van der Waals surface area contributed by atoms with E-state index in [1.807, 2.05) is 20.1 Å². The van der Waals surface area contributed by atoms with Crippen LogP contribution in [-0.2, 0) is 6.54 Å². The lowest BCUT2D eigenvalue weighted by Crippen LogP contribution is -2.28. The van der Waals surface area contributed by atoms with Gasteiger partial charge in [-0.05, 0) is 26.2 Å². The molecule has 142 valence electrons. The predicted octanol–water partition coefficient (Wildman–Crippen LogP) is 1.49. The highest BCUT2D eigenvalue weighted by molar-refractivity contribution is 7.98. The maximum atomic E-state index is 12.1. The van der Waals surface area contributed by atoms with E-state index >= 15 is 0 Å². The van der Waals surface area contributed by atoms with Crippen molar-refractivity contribution in [1.29, 1.82) is 0 Å². The quantitative estimate of drug-likeness (QED) is 0.415. The SMILES string of the molecule is CSc1nc(NC(C)C)c2cnn(CCNC(=O)c3ccc(=O)[nH]c3)c2n1. The summed E-state index contributed by atoms with van der Waals surface area (Å²) in [5, 5.41) is 12.0. The number of carbonyl (C=O) groups is 1. The number of nitrogens with one attached hydrogen (secondary N) is 3. The van der Waals surface area contributed by atoms with Crippen molar-refractivity contribution in [1.82, 2.24) is 30.0 Å². The molecule has 10 heteroatoms. The fourth-order valence-electron chi connectivity index (χ4n) is 2.50. The van der Waals surface area contributed by atoms with Crippen LogP contribution in [0.5, 0.6) is 0 Å². The molecule has 3 heterocycles. The minimum atomic E-state index is -0.260. The fourth-order valence-corrected chi connectivity index (χ4v) is 2.86. The number of nitrogens with zero attached hydrogens (tertiary/aromatic N) is 4. The molecule has 0 aromatic carbocycles. The van der Waals surface area contributed by atoms with Gasteiger partial charge in [0.1, 0.15) is 5.82 Å². The van der Waals surface area contributed by atoms with E-state index in [9.17, 15) is 9.59 Å². The first-order valence-electron chi connectivity index (χ1n) is 8.49. The van der Waals surface area contributed by atoms with Gasteiger partial charge >= 0.3 is 0 Å². The van der Waals surface area contributed by atoms with Crippen LogP contribution in [0.3, 0.4) is 0 Å². The monoisotopic (exact) mass is 387 g/mol. The van der Waals surface area contributed by atoms with Crippen LogP contribution in [0.4, 0.5) is 5.82 Å². The van der Waals surface area contributed by atoms with Crippen LogP contribution >= 0.6 is 11.8 Å². The molecule has 3 N–H and O–H groups in total. The Morgan fingerprint density at radius 2 is 2.15 bits per heavy atom. The van der Waals surface area contributed by atoms with E-state index in [-0.39, 0.29) is 17.5 Å². The summed E-state index contributed by atoms with van der Waals surface area (Å²) in [6.45, 7) is 4.93. The Kier molecular flexibility index (Phi) is 5.75. The van der Waals surface area contributed by atoms with E-state index in [0.29, 0.717) is 23.8 Å². The van der Waals surface area contributed by atoms with Crippen molar-refractivity contribution < 1.29 is 4.79 Å². The number of anilines is 1. The number of hydrogen-bond donors (Lipinski definition) is 3. The number of hydrogen-bond acceptors (Lipinski definition) is 7. The molecule has 0 aliphatic rings. The molecule has 0 atom stereocenters. The molecule has 0 spiro atoms. The second kappa shape index (κ2) is 8.21. The molecule has 1 amide bonds. The molecule has 27 heavy (non-hydrogen) atoms. The van der Waals surface area contributed by atoms with Crippen LogP contribution in [0.2, 0.25) is 0 Å². The van der Waals surface area contributed by atoms with E-state index in [1.165, 1.54) is 30.1 Å². The van der Waals surface area contributed by atoms with Gasteiger partial charge in [0.25, 0.3) is 5.91 Å². The third-order valence-corrected chi connectivity index (χ3v) is 4.29. The Balaban J connectivity index is 1.74. The first-order chi connectivity index (χ1) is 13.0. The van der Waals surface area contributed by atoms with Crippen LogP contribution in [0.15, 0.2) is 34.5 Å². The van der Waals surface area contributed by atoms with E-state index in [2.05, 4.69) is 30.7 Å². The van der Waals surface area contributed by atoms with E-state index in [1.54, 1.807) is 10.9 Å². The summed E-state index contributed by atoms with van der Waals surface area (Å²) in [6.07, 6.45) is 5.04. The van der Waals surface area contributed by atoms with Crippen LogP contribution in [0, 0.1) is 0 Å². The van der Waals surface area contributed by atoms with E-state index in [4.69, 9.17) is 0 Å². The Morgan fingerprint density at radius 3 is 2.81 bits per heavy atom. The average Bonchev–Trinajstić information content (AvgIpc) is 3.05. The third-order valence-electron chi connectivity index (χ3n) is 3.74. The molecule has 0 unspecified atom stereocenters. The highest BCUT2D eigenvalue weighted by atomic mass is 32.2. The van der Waals surface area contributed by atoms with Crippen molar-refractivity contribution in [3.63, 3.8) is 0 Å². The summed E-state index contributed by atoms with van der Waals surface area (Å²) in [5.74, 6) is 0.493. The molecule has 3 rings (SSSR count). The van der Waals surface area contributed by atoms with Crippen molar-refractivity contribution >= 4 is 34.5 Å². The van der Waals surface area contributed by atoms with Crippen LogP contribution in [0.25, 0.3) is 11.0 Å². The van der Waals surface area contributed by atoms with Crippen LogP contribution in [0.1, 0.15) is 24.2 Å². The number of thioether (sulfide) groups is 1. The summed E-state index contributed by atoms with van der Waals surface area (Å²) in [7, 11) is 0. The zero-order chi connectivity index (χ0) is 19.4. The molecule has 0 saturated carbocycles. The molecule has 0 bridgehead atoms. The van der Waals surface area contributed by atoms with Crippen molar-refractivity contribution in [3.05, 3.63) is 40.4 Å². The van der Waals surface area contributed by atoms with Gasteiger partial charge in [-0.15, -0.1) is 0 Å². The minimum absolute atomic E-state index is 0.234. The molecule has 3 aromatic heterocycles. The Hall–Kier alpha value is -2.88. The lowest BCUT2D eigenvalue weighted by Gasteiger charge is -2.11.